The molecule has 0 fully saturated rings. The third-order valence-electron chi connectivity index (χ3n) is 9.41. The molecule has 11 nitrogen and oxygen atoms in total. The van der Waals surface area contributed by atoms with E-state index in [2.05, 4.69) is 33.6 Å². The Hall–Kier alpha value is -5.55. The molecule has 3 aromatic carbocycles. The highest BCUT2D eigenvalue weighted by molar-refractivity contribution is 6.12. The maximum absolute atomic E-state index is 14.7. The Bertz CT molecular complexity index is 2050. The zero-order chi connectivity index (χ0) is 34.4. The Morgan fingerprint density at radius 1 is 0.959 bits per heavy atom. The Balaban J connectivity index is 1.37. The molecule has 1 N–H and O–H groups in total. The first-order chi connectivity index (χ1) is 23.6. The number of anilines is 2. The molecule has 2 aromatic heterocycles. The van der Waals surface area contributed by atoms with Crippen LogP contribution in [0, 0.1) is 6.92 Å². The topological polar surface area (TPSA) is 105 Å². The first-order valence-corrected chi connectivity index (χ1v) is 16.4. The molecule has 0 unspecified atom stereocenters. The van der Waals surface area contributed by atoms with Gasteiger partial charge in [-0.2, -0.15) is 5.10 Å². The predicted molar refractivity (Wildman–Crippen MR) is 187 cm³/mol. The second-order valence-electron chi connectivity index (χ2n) is 13.0. The molecule has 2 amide bonds. The van der Waals surface area contributed by atoms with Crippen molar-refractivity contribution in [1.29, 1.82) is 0 Å². The van der Waals surface area contributed by atoms with Gasteiger partial charge >= 0.3 is 0 Å². The molecule has 2 aliphatic rings. The van der Waals surface area contributed by atoms with Crippen LogP contribution in [0.3, 0.4) is 0 Å². The van der Waals surface area contributed by atoms with E-state index in [0.29, 0.717) is 59.2 Å². The monoisotopic (exact) mass is 660 g/mol. The first-order valence-electron chi connectivity index (χ1n) is 16.4. The second kappa shape index (κ2) is 12.8. The normalized spacial score (nSPS) is 15.1. The lowest BCUT2D eigenvalue weighted by atomic mass is 9.93. The number of likely N-dealkylation sites (N-methyl/N-ethyl adjacent to an activating group) is 1. The Morgan fingerprint density at radius 2 is 1.67 bits per heavy atom. The standard InChI is InChI=1S/C38H40N6O5/c1-24-16-26-8-6-7-9-27(26)21-43(24)37(46)33-19-36-35(48-23-49-36)18-32(33)34-17-31(25(2)42(34)15-14-40(3)4)38(47)44(29-20-39-41(5)22-29)28-10-12-30(45)13-11-28/h6-13,17-20,22,24,45H,14-16,21,23H2,1-5H3/t24-/m1/s1. The van der Waals surface area contributed by atoms with Crippen LogP contribution in [0.25, 0.3) is 11.3 Å². The van der Waals surface area contributed by atoms with Crippen LogP contribution in [0.5, 0.6) is 17.2 Å². The van der Waals surface area contributed by atoms with E-state index in [4.69, 9.17) is 9.47 Å². The number of benzene rings is 3. The van der Waals surface area contributed by atoms with Gasteiger partial charge in [0.05, 0.1) is 28.7 Å². The van der Waals surface area contributed by atoms with E-state index in [9.17, 15) is 14.7 Å². The summed E-state index contributed by atoms with van der Waals surface area (Å²) < 4.78 is 15.3. The van der Waals surface area contributed by atoms with E-state index in [0.717, 1.165) is 23.4 Å². The zero-order valence-corrected chi connectivity index (χ0v) is 28.4. The lowest BCUT2D eigenvalue weighted by Crippen LogP contribution is -2.42. The molecular formula is C38H40N6O5. The lowest BCUT2D eigenvalue weighted by molar-refractivity contribution is 0.0658. The fourth-order valence-electron chi connectivity index (χ4n) is 6.74. The van der Waals surface area contributed by atoms with Crippen LogP contribution < -0.4 is 14.4 Å². The summed E-state index contributed by atoms with van der Waals surface area (Å²) in [6, 6.07) is 20.3. The summed E-state index contributed by atoms with van der Waals surface area (Å²) in [6.45, 7) is 5.86. The quantitative estimate of drug-likeness (QED) is 0.226. The maximum atomic E-state index is 14.7. The molecule has 0 bridgehead atoms. The van der Waals surface area contributed by atoms with Crippen LogP contribution in [0.2, 0.25) is 0 Å². The van der Waals surface area contributed by atoms with Crippen LogP contribution in [0.15, 0.2) is 79.1 Å². The van der Waals surface area contributed by atoms with Crippen molar-refractivity contribution in [3.05, 3.63) is 107 Å². The van der Waals surface area contributed by atoms with Crippen molar-refractivity contribution in [2.45, 2.75) is 39.4 Å². The molecule has 5 aromatic rings. The van der Waals surface area contributed by atoms with Crippen molar-refractivity contribution in [2.75, 3.05) is 32.3 Å². The summed E-state index contributed by atoms with van der Waals surface area (Å²) in [6.07, 6.45) is 4.17. The number of amides is 2. The number of rotatable bonds is 8. The molecule has 0 aliphatic carbocycles. The van der Waals surface area contributed by atoms with Crippen molar-refractivity contribution in [1.82, 2.24) is 24.1 Å². The maximum Gasteiger partial charge on any atom is 0.264 e. The number of aromatic hydroxyl groups is 1. The van der Waals surface area contributed by atoms with Crippen LogP contribution in [-0.4, -0.2) is 74.5 Å². The number of carbonyl (C=O) groups is 2. The fraction of sp³-hybridized carbons (Fsp3) is 0.289. The number of phenolic OH excluding ortho intramolecular Hbond substituents is 1. The van der Waals surface area contributed by atoms with Gasteiger partial charge in [-0.05, 0) is 88.0 Å². The first kappa shape index (κ1) is 32.0. The third-order valence-corrected chi connectivity index (χ3v) is 9.41. The number of phenols is 1. The summed E-state index contributed by atoms with van der Waals surface area (Å²) >= 11 is 0. The summed E-state index contributed by atoms with van der Waals surface area (Å²) in [5.41, 5.74) is 6.67. The smallest absolute Gasteiger partial charge is 0.264 e. The van der Waals surface area contributed by atoms with Crippen LogP contribution in [0.4, 0.5) is 11.4 Å². The molecular weight excluding hydrogens is 620 g/mol. The number of aromatic nitrogens is 3. The summed E-state index contributed by atoms with van der Waals surface area (Å²) in [5.74, 6) is 0.794. The fourth-order valence-corrected chi connectivity index (χ4v) is 6.74. The molecule has 11 heteroatoms. The summed E-state index contributed by atoms with van der Waals surface area (Å²) in [7, 11) is 5.80. The number of aryl methyl sites for hydroxylation is 1. The molecule has 0 spiro atoms. The second-order valence-corrected chi connectivity index (χ2v) is 13.0. The van der Waals surface area contributed by atoms with Gasteiger partial charge in [-0.1, -0.05) is 24.3 Å². The third kappa shape index (κ3) is 6.02. The molecule has 0 radical (unpaired) electrons. The number of hydrogen-bond acceptors (Lipinski definition) is 7. The predicted octanol–water partition coefficient (Wildman–Crippen LogP) is 5.76. The highest BCUT2D eigenvalue weighted by Crippen LogP contribution is 2.42. The highest BCUT2D eigenvalue weighted by atomic mass is 16.7. The number of ether oxygens (including phenoxy) is 2. The van der Waals surface area contributed by atoms with Gasteiger partial charge < -0.3 is 28.9 Å². The van der Waals surface area contributed by atoms with E-state index in [1.807, 2.05) is 50.2 Å². The van der Waals surface area contributed by atoms with Crippen molar-refractivity contribution >= 4 is 23.2 Å². The van der Waals surface area contributed by atoms with Gasteiger partial charge in [-0.25, -0.2) is 0 Å². The van der Waals surface area contributed by atoms with Crippen LogP contribution in [0.1, 0.15) is 44.5 Å². The molecule has 7 rings (SSSR count). The minimum Gasteiger partial charge on any atom is -0.508 e. The van der Waals surface area contributed by atoms with E-state index in [-0.39, 0.29) is 30.4 Å². The van der Waals surface area contributed by atoms with Crippen LogP contribution in [-0.2, 0) is 26.6 Å². The Labute approximate surface area is 285 Å². The molecule has 0 saturated carbocycles. The van der Waals surface area contributed by atoms with Crippen LogP contribution >= 0.6 is 0 Å². The van der Waals surface area contributed by atoms with Gasteiger partial charge in [0, 0.05) is 55.9 Å². The molecule has 252 valence electrons. The Kier molecular flexibility index (Phi) is 8.37. The lowest BCUT2D eigenvalue weighted by Gasteiger charge is -2.35. The summed E-state index contributed by atoms with van der Waals surface area (Å²) in [5, 5.41) is 14.3. The number of carbonyl (C=O) groups excluding carboxylic acids is 2. The molecule has 0 saturated heterocycles. The van der Waals surface area contributed by atoms with Crippen molar-refractivity contribution in [2.24, 2.45) is 7.05 Å². The number of nitrogens with zero attached hydrogens (tertiary/aromatic N) is 6. The molecule has 1 atom stereocenters. The number of fused-ring (bicyclic) bond motifs is 2. The molecule has 4 heterocycles. The summed E-state index contributed by atoms with van der Waals surface area (Å²) in [4.78, 5) is 34.9. The molecule has 2 aliphatic heterocycles. The van der Waals surface area contributed by atoms with Gasteiger partial charge in [-0.3, -0.25) is 19.2 Å². The SMILES string of the molecule is Cc1c(C(=O)N(c2ccc(O)cc2)c2cnn(C)c2)cc(-c2cc3c(cc2C(=O)N2Cc4ccccc4C[C@H]2C)OCO3)n1CCN(C)C. The minimum absolute atomic E-state index is 0.0153. The minimum atomic E-state index is -0.268. The van der Waals surface area contributed by atoms with E-state index < -0.39 is 0 Å². The van der Waals surface area contributed by atoms with Crippen molar-refractivity contribution in [3.63, 3.8) is 0 Å². The van der Waals surface area contributed by atoms with Gasteiger partial charge in [-0.15, -0.1) is 0 Å². The zero-order valence-electron chi connectivity index (χ0n) is 28.4. The van der Waals surface area contributed by atoms with E-state index in [1.54, 1.807) is 59.4 Å². The average molecular weight is 661 g/mol. The largest absolute Gasteiger partial charge is 0.508 e. The van der Waals surface area contributed by atoms with Gasteiger partial charge in [0.15, 0.2) is 11.5 Å². The van der Waals surface area contributed by atoms with Crippen molar-refractivity contribution < 1.29 is 24.2 Å². The van der Waals surface area contributed by atoms with Gasteiger partial charge in [0.25, 0.3) is 11.8 Å². The Morgan fingerprint density at radius 3 is 2.37 bits per heavy atom. The van der Waals surface area contributed by atoms with Crippen molar-refractivity contribution in [3.8, 4) is 28.5 Å². The van der Waals surface area contributed by atoms with E-state index >= 15 is 0 Å². The highest BCUT2D eigenvalue weighted by Gasteiger charge is 2.33. The van der Waals surface area contributed by atoms with E-state index in [1.165, 1.54) is 5.56 Å². The van der Waals surface area contributed by atoms with Gasteiger partial charge in [0.1, 0.15) is 5.75 Å². The molecule has 49 heavy (non-hydrogen) atoms. The average Bonchev–Trinajstić information content (AvgIpc) is 3.81. The van der Waals surface area contributed by atoms with Gasteiger partial charge in [0.2, 0.25) is 6.79 Å². The number of hydrogen-bond donors (Lipinski definition) is 1.